The molecule has 6 nitrogen and oxygen atoms in total. The van der Waals surface area contributed by atoms with Crippen molar-refractivity contribution in [2.75, 3.05) is 44.7 Å². The monoisotopic (exact) mass is 503 g/mol. The second-order valence-corrected chi connectivity index (χ2v) is 9.44. The van der Waals surface area contributed by atoms with E-state index in [2.05, 4.69) is 4.90 Å². The average Bonchev–Trinajstić information content (AvgIpc) is 2.82. The molecule has 1 fully saturated rings. The molecule has 3 rings (SSSR count). The zero-order valence-corrected chi connectivity index (χ0v) is 21.2. The van der Waals surface area contributed by atoms with Gasteiger partial charge in [0, 0.05) is 61.8 Å². The van der Waals surface area contributed by atoms with Crippen LogP contribution in [-0.2, 0) is 27.2 Å². The van der Waals surface area contributed by atoms with Crippen molar-refractivity contribution in [2.24, 2.45) is 0 Å². The molecule has 0 bridgehead atoms. The van der Waals surface area contributed by atoms with Crippen LogP contribution in [0, 0.1) is 0 Å². The fourth-order valence-electron chi connectivity index (χ4n) is 4.04. The van der Waals surface area contributed by atoms with Crippen molar-refractivity contribution in [3.05, 3.63) is 63.6 Å². The highest BCUT2D eigenvalue weighted by Crippen LogP contribution is 2.25. The molecule has 8 heteroatoms. The molecule has 1 heterocycles. The molecule has 0 atom stereocenters. The SMILES string of the molecule is CCCC(=O)N(C)CC(=O)Cc1ccc(N2CCN(C(=O)Cc3c(Cl)cccc3Cl)CC2)cc1. The summed E-state index contributed by atoms with van der Waals surface area (Å²) in [6.45, 7) is 4.79. The fraction of sp³-hybridized carbons (Fsp3) is 0.423. The first kappa shape index (κ1) is 26.0. The second-order valence-electron chi connectivity index (χ2n) is 8.63. The Morgan fingerprint density at radius 3 is 2.12 bits per heavy atom. The molecule has 0 N–H and O–H groups in total. The van der Waals surface area contributed by atoms with Crippen LogP contribution in [0.2, 0.25) is 10.0 Å². The van der Waals surface area contributed by atoms with Crippen molar-refractivity contribution in [3.63, 3.8) is 0 Å². The Morgan fingerprint density at radius 2 is 1.53 bits per heavy atom. The molecule has 0 radical (unpaired) electrons. The summed E-state index contributed by atoms with van der Waals surface area (Å²) in [5.74, 6) is 0.0372. The van der Waals surface area contributed by atoms with E-state index in [1.807, 2.05) is 36.1 Å². The summed E-state index contributed by atoms with van der Waals surface area (Å²) in [5.41, 5.74) is 2.66. The van der Waals surface area contributed by atoms with Gasteiger partial charge in [-0.1, -0.05) is 48.3 Å². The minimum atomic E-state index is -0.00112. The smallest absolute Gasteiger partial charge is 0.227 e. The number of carbonyl (C=O) groups is 3. The van der Waals surface area contributed by atoms with Crippen LogP contribution in [0.25, 0.3) is 0 Å². The summed E-state index contributed by atoms with van der Waals surface area (Å²) in [7, 11) is 1.67. The number of anilines is 1. The van der Waals surface area contributed by atoms with E-state index in [1.54, 1.807) is 25.2 Å². The maximum atomic E-state index is 12.8. The maximum Gasteiger partial charge on any atom is 0.227 e. The molecule has 0 spiro atoms. The van der Waals surface area contributed by atoms with Crippen LogP contribution in [0.4, 0.5) is 5.69 Å². The Balaban J connectivity index is 1.49. The Labute approximate surface area is 211 Å². The van der Waals surface area contributed by atoms with Crippen molar-refractivity contribution in [3.8, 4) is 0 Å². The maximum absolute atomic E-state index is 12.8. The van der Waals surface area contributed by atoms with Crippen LogP contribution >= 0.6 is 23.2 Å². The molecule has 2 aromatic carbocycles. The molecule has 1 saturated heterocycles. The molecule has 34 heavy (non-hydrogen) atoms. The molecule has 1 aliphatic heterocycles. The minimum absolute atomic E-state index is 0.00112. The number of Topliss-reactive ketones (excluding diaryl/α,β-unsaturated/α-hetero) is 1. The molecule has 2 aromatic rings. The highest BCUT2D eigenvalue weighted by Gasteiger charge is 2.23. The third-order valence-corrected chi connectivity index (χ3v) is 6.74. The van der Waals surface area contributed by atoms with Crippen molar-refractivity contribution >= 4 is 46.5 Å². The van der Waals surface area contributed by atoms with Gasteiger partial charge in [0.2, 0.25) is 11.8 Å². The van der Waals surface area contributed by atoms with E-state index in [9.17, 15) is 14.4 Å². The van der Waals surface area contributed by atoms with Gasteiger partial charge in [-0.2, -0.15) is 0 Å². The summed E-state index contributed by atoms with van der Waals surface area (Å²) in [5, 5.41) is 1.02. The van der Waals surface area contributed by atoms with E-state index in [1.165, 1.54) is 4.90 Å². The van der Waals surface area contributed by atoms with E-state index in [4.69, 9.17) is 23.2 Å². The Bertz CT molecular complexity index is 998. The number of amides is 2. The van der Waals surface area contributed by atoms with Crippen LogP contribution in [0.15, 0.2) is 42.5 Å². The molecule has 0 saturated carbocycles. The lowest BCUT2D eigenvalue weighted by Crippen LogP contribution is -2.49. The van der Waals surface area contributed by atoms with E-state index in [0.29, 0.717) is 41.5 Å². The zero-order valence-electron chi connectivity index (χ0n) is 19.7. The average molecular weight is 504 g/mol. The number of hydrogen-bond donors (Lipinski definition) is 0. The summed E-state index contributed by atoms with van der Waals surface area (Å²) in [6, 6.07) is 13.2. The summed E-state index contributed by atoms with van der Waals surface area (Å²) in [4.78, 5) is 42.5. The third kappa shape index (κ3) is 6.97. The number of likely N-dealkylation sites (N-methyl/N-ethyl adjacent to an activating group) is 1. The number of nitrogens with zero attached hydrogens (tertiary/aromatic N) is 3. The Kier molecular flexibility index (Phi) is 9.36. The molecule has 2 amide bonds. The molecule has 0 unspecified atom stereocenters. The Hall–Kier alpha value is -2.57. The number of benzene rings is 2. The first-order valence-electron chi connectivity index (χ1n) is 11.6. The van der Waals surface area contributed by atoms with Crippen molar-refractivity contribution in [1.82, 2.24) is 9.80 Å². The van der Waals surface area contributed by atoms with Gasteiger partial charge in [-0.3, -0.25) is 14.4 Å². The minimum Gasteiger partial charge on any atom is -0.368 e. The van der Waals surface area contributed by atoms with Gasteiger partial charge in [0.05, 0.1) is 13.0 Å². The number of piperazine rings is 1. The largest absolute Gasteiger partial charge is 0.368 e. The second kappa shape index (κ2) is 12.2. The predicted octanol–water partition coefficient (Wildman–Crippen LogP) is 4.25. The van der Waals surface area contributed by atoms with Crippen molar-refractivity contribution in [2.45, 2.75) is 32.6 Å². The summed E-state index contributed by atoms with van der Waals surface area (Å²) >= 11 is 12.4. The van der Waals surface area contributed by atoms with Crippen molar-refractivity contribution < 1.29 is 14.4 Å². The van der Waals surface area contributed by atoms with Gasteiger partial charge >= 0.3 is 0 Å². The normalized spacial score (nSPS) is 13.6. The first-order chi connectivity index (χ1) is 16.3. The number of hydrogen-bond acceptors (Lipinski definition) is 4. The van der Waals surface area contributed by atoms with Crippen LogP contribution in [0.1, 0.15) is 30.9 Å². The number of halogens is 2. The van der Waals surface area contributed by atoms with E-state index < -0.39 is 0 Å². The van der Waals surface area contributed by atoms with Crippen LogP contribution in [0.5, 0.6) is 0 Å². The molecule has 0 aromatic heterocycles. The molecule has 182 valence electrons. The lowest BCUT2D eigenvalue weighted by Gasteiger charge is -2.36. The van der Waals surface area contributed by atoms with E-state index >= 15 is 0 Å². The first-order valence-corrected chi connectivity index (χ1v) is 12.3. The quantitative estimate of drug-likeness (QED) is 0.512. The summed E-state index contributed by atoms with van der Waals surface area (Å²) in [6.07, 6.45) is 1.74. The van der Waals surface area contributed by atoms with Gasteiger partial charge in [0.25, 0.3) is 0 Å². The van der Waals surface area contributed by atoms with Gasteiger partial charge < -0.3 is 14.7 Å². The zero-order chi connectivity index (χ0) is 24.7. The van der Waals surface area contributed by atoms with Crippen LogP contribution in [0.3, 0.4) is 0 Å². The fourth-order valence-corrected chi connectivity index (χ4v) is 4.57. The standard InChI is InChI=1S/C26H31Cl2N3O3/c1-3-5-25(33)29(2)18-21(32)16-19-8-10-20(11-9-19)30-12-14-31(15-13-30)26(34)17-22-23(27)6-4-7-24(22)28/h4,6-11H,3,5,12-18H2,1-2H3. The molecule has 1 aliphatic rings. The lowest BCUT2D eigenvalue weighted by atomic mass is 10.1. The topological polar surface area (TPSA) is 60.9 Å². The van der Waals surface area contributed by atoms with Gasteiger partial charge in [-0.05, 0) is 41.8 Å². The molecule has 0 aliphatic carbocycles. The molecular weight excluding hydrogens is 473 g/mol. The van der Waals surface area contributed by atoms with Crippen LogP contribution < -0.4 is 4.90 Å². The number of carbonyl (C=O) groups excluding carboxylic acids is 3. The number of ketones is 1. The highest BCUT2D eigenvalue weighted by atomic mass is 35.5. The van der Waals surface area contributed by atoms with Gasteiger partial charge in [0.15, 0.2) is 5.78 Å². The van der Waals surface area contributed by atoms with Crippen molar-refractivity contribution in [1.29, 1.82) is 0 Å². The van der Waals surface area contributed by atoms with Crippen LogP contribution in [-0.4, -0.2) is 67.2 Å². The lowest BCUT2D eigenvalue weighted by molar-refractivity contribution is -0.133. The van der Waals surface area contributed by atoms with Gasteiger partial charge in [0.1, 0.15) is 0 Å². The third-order valence-electron chi connectivity index (χ3n) is 6.03. The summed E-state index contributed by atoms with van der Waals surface area (Å²) < 4.78 is 0. The van der Waals surface area contributed by atoms with E-state index in [0.717, 1.165) is 30.8 Å². The molecular formula is C26H31Cl2N3O3. The van der Waals surface area contributed by atoms with E-state index in [-0.39, 0.29) is 30.6 Å². The van der Waals surface area contributed by atoms with Gasteiger partial charge in [-0.25, -0.2) is 0 Å². The highest BCUT2D eigenvalue weighted by molar-refractivity contribution is 6.36. The number of rotatable bonds is 9. The predicted molar refractivity (Wildman–Crippen MR) is 137 cm³/mol. The van der Waals surface area contributed by atoms with Gasteiger partial charge in [-0.15, -0.1) is 0 Å². The Morgan fingerprint density at radius 1 is 0.912 bits per heavy atom.